The van der Waals surface area contributed by atoms with Gasteiger partial charge in [-0.25, -0.2) is 0 Å². The lowest BCUT2D eigenvalue weighted by Gasteiger charge is -2.14. The van der Waals surface area contributed by atoms with E-state index in [1.165, 1.54) is 7.05 Å². The number of halogens is 6. The summed E-state index contributed by atoms with van der Waals surface area (Å²) < 4.78 is 74.1. The molecule has 118 valence electrons. The van der Waals surface area contributed by atoms with Crippen LogP contribution < -0.4 is 10.6 Å². The topological polar surface area (TPSA) is 41.1 Å². The second-order valence-electron chi connectivity index (χ2n) is 4.13. The summed E-state index contributed by atoms with van der Waals surface area (Å²) >= 11 is 0. The van der Waals surface area contributed by atoms with E-state index in [1.807, 2.05) is 5.32 Å². The highest BCUT2D eigenvalue weighted by Gasteiger charge is 2.34. The number of rotatable bonds is 4. The number of carbonyl (C=O) groups excluding carboxylic acids is 1. The lowest BCUT2D eigenvalue weighted by atomic mass is 10.1. The highest BCUT2D eigenvalue weighted by atomic mass is 19.4. The van der Waals surface area contributed by atoms with Gasteiger partial charge < -0.3 is 10.6 Å². The molecule has 0 fully saturated rings. The molecule has 0 aliphatic heterocycles. The zero-order valence-corrected chi connectivity index (χ0v) is 10.8. The third-order valence-corrected chi connectivity index (χ3v) is 2.55. The molecule has 1 aromatic rings. The van der Waals surface area contributed by atoms with E-state index in [1.54, 1.807) is 0 Å². The standard InChI is InChI=1S/C12H12F6N2O/c1-19-9-3-2-7(6-8(9)12(16,17)18)10(21)20-5-4-11(13,14)15/h2-3,6,19H,4-5H2,1H3,(H,20,21). The Balaban J connectivity index is 2.86. The summed E-state index contributed by atoms with van der Waals surface area (Å²) in [5.74, 6) is -0.993. The van der Waals surface area contributed by atoms with Crippen LogP contribution in [0.2, 0.25) is 0 Å². The molecular formula is C12H12F6N2O. The van der Waals surface area contributed by atoms with E-state index in [-0.39, 0.29) is 11.3 Å². The van der Waals surface area contributed by atoms with E-state index >= 15 is 0 Å². The summed E-state index contributed by atoms with van der Waals surface area (Å²) in [5, 5.41) is 4.26. The number of nitrogens with one attached hydrogen (secondary N) is 2. The molecule has 0 aliphatic carbocycles. The van der Waals surface area contributed by atoms with Gasteiger partial charge in [-0.15, -0.1) is 0 Å². The van der Waals surface area contributed by atoms with Crippen LogP contribution in [0.4, 0.5) is 32.0 Å². The minimum Gasteiger partial charge on any atom is -0.388 e. The van der Waals surface area contributed by atoms with Crippen molar-refractivity contribution in [3.05, 3.63) is 29.3 Å². The molecule has 0 bridgehead atoms. The Morgan fingerprint density at radius 3 is 2.24 bits per heavy atom. The van der Waals surface area contributed by atoms with Gasteiger partial charge in [0.15, 0.2) is 0 Å². The number of anilines is 1. The molecule has 3 nitrogen and oxygen atoms in total. The smallest absolute Gasteiger partial charge is 0.388 e. The number of benzene rings is 1. The highest BCUT2D eigenvalue weighted by molar-refractivity contribution is 5.95. The summed E-state index contributed by atoms with van der Waals surface area (Å²) in [7, 11) is 1.29. The fraction of sp³-hybridized carbons (Fsp3) is 0.417. The van der Waals surface area contributed by atoms with E-state index in [0.717, 1.165) is 12.1 Å². The lowest BCUT2D eigenvalue weighted by molar-refractivity contribution is -0.137. The van der Waals surface area contributed by atoms with Gasteiger partial charge in [-0.1, -0.05) is 0 Å². The quantitative estimate of drug-likeness (QED) is 0.836. The van der Waals surface area contributed by atoms with Crippen molar-refractivity contribution in [2.75, 3.05) is 18.9 Å². The van der Waals surface area contributed by atoms with Crippen LogP contribution in [0.3, 0.4) is 0 Å². The lowest BCUT2D eigenvalue weighted by Crippen LogP contribution is -2.28. The molecule has 1 amide bonds. The molecule has 2 N–H and O–H groups in total. The normalized spacial score (nSPS) is 12.1. The van der Waals surface area contributed by atoms with Crippen molar-refractivity contribution in [1.82, 2.24) is 5.32 Å². The molecule has 0 radical (unpaired) electrons. The van der Waals surface area contributed by atoms with Gasteiger partial charge in [-0.3, -0.25) is 4.79 Å². The Bertz CT molecular complexity index is 509. The van der Waals surface area contributed by atoms with Gasteiger partial charge in [-0.05, 0) is 18.2 Å². The monoisotopic (exact) mass is 314 g/mol. The molecule has 0 unspecified atom stereocenters. The molecule has 0 saturated heterocycles. The number of hydrogen-bond acceptors (Lipinski definition) is 2. The van der Waals surface area contributed by atoms with Crippen LogP contribution in [0, 0.1) is 0 Å². The summed E-state index contributed by atoms with van der Waals surface area (Å²) in [6.45, 7) is -0.697. The fourth-order valence-electron chi connectivity index (χ4n) is 1.56. The molecular weight excluding hydrogens is 302 g/mol. The number of hydrogen-bond donors (Lipinski definition) is 2. The first-order chi connectivity index (χ1) is 9.54. The first-order valence-corrected chi connectivity index (χ1v) is 5.78. The second-order valence-corrected chi connectivity index (χ2v) is 4.13. The maximum atomic E-state index is 12.8. The second kappa shape index (κ2) is 6.23. The van der Waals surface area contributed by atoms with Crippen LogP contribution in [0.5, 0.6) is 0 Å². The Labute approximate surface area is 116 Å². The van der Waals surface area contributed by atoms with Gasteiger partial charge in [-0.2, -0.15) is 26.3 Å². The molecule has 0 aromatic heterocycles. The summed E-state index contributed by atoms with van der Waals surface area (Å²) in [6, 6.07) is 2.74. The Kier molecular flexibility index (Phi) is 5.08. The van der Waals surface area contributed by atoms with Crippen molar-refractivity contribution >= 4 is 11.6 Å². The predicted octanol–water partition coefficient (Wildman–Crippen LogP) is 3.43. The maximum Gasteiger partial charge on any atom is 0.418 e. The molecule has 0 saturated carbocycles. The first kappa shape index (κ1) is 17.1. The molecule has 1 aromatic carbocycles. The Hall–Kier alpha value is -1.93. The minimum atomic E-state index is -4.68. The zero-order chi connectivity index (χ0) is 16.3. The maximum absolute atomic E-state index is 12.8. The molecule has 0 heterocycles. The number of carbonyl (C=O) groups is 1. The van der Waals surface area contributed by atoms with Crippen LogP contribution in [0.15, 0.2) is 18.2 Å². The average molecular weight is 314 g/mol. The van der Waals surface area contributed by atoms with Crippen molar-refractivity contribution in [2.45, 2.75) is 18.8 Å². The van der Waals surface area contributed by atoms with E-state index in [4.69, 9.17) is 0 Å². The summed E-state index contributed by atoms with van der Waals surface area (Å²) in [5.41, 5.74) is -1.65. The molecule has 1 rings (SSSR count). The summed E-state index contributed by atoms with van der Waals surface area (Å²) in [6.07, 6.45) is -10.4. The van der Waals surface area contributed by atoms with Crippen molar-refractivity contribution in [2.24, 2.45) is 0 Å². The Morgan fingerprint density at radius 2 is 1.76 bits per heavy atom. The van der Waals surface area contributed by atoms with Crippen molar-refractivity contribution in [1.29, 1.82) is 0 Å². The van der Waals surface area contributed by atoms with Crippen LogP contribution in [-0.4, -0.2) is 25.7 Å². The van der Waals surface area contributed by atoms with Crippen LogP contribution in [0.1, 0.15) is 22.3 Å². The third-order valence-electron chi connectivity index (χ3n) is 2.55. The van der Waals surface area contributed by atoms with Crippen molar-refractivity contribution in [3.8, 4) is 0 Å². The number of amides is 1. The van der Waals surface area contributed by atoms with Crippen molar-refractivity contribution < 1.29 is 31.1 Å². The van der Waals surface area contributed by atoms with Crippen molar-refractivity contribution in [3.63, 3.8) is 0 Å². The fourth-order valence-corrected chi connectivity index (χ4v) is 1.56. The van der Waals surface area contributed by atoms with E-state index in [9.17, 15) is 31.1 Å². The third kappa shape index (κ3) is 5.16. The molecule has 0 aliphatic rings. The highest BCUT2D eigenvalue weighted by Crippen LogP contribution is 2.35. The molecule has 0 spiro atoms. The van der Waals surface area contributed by atoms with E-state index in [0.29, 0.717) is 6.07 Å². The Morgan fingerprint density at radius 1 is 1.14 bits per heavy atom. The largest absolute Gasteiger partial charge is 0.418 e. The van der Waals surface area contributed by atoms with E-state index in [2.05, 4.69) is 5.32 Å². The number of alkyl halides is 6. The predicted molar refractivity (Wildman–Crippen MR) is 64.0 cm³/mol. The van der Waals surface area contributed by atoms with Gasteiger partial charge in [0.25, 0.3) is 5.91 Å². The zero-order valence-electron chi connectivity index (χ0n) is 10.8. The summed E-state index contributed by atoms with van der Waals surface area (Å²) in [4.78, 5) is 11.5. The first-order valence-electron chi connectivity index (χ1n) is 5.78. The van der Waals surface area contributed by atoms with E-state index < -0.39 is 36.8 Å². The molecule has 0 atom stereocenters. The minimum absolute atomic E-state index is 0.227. The van der Waals surface area contributed by atoms with Crippen LogP contribution in [-0.2, 0) is 6.18 Å². The molecule has 9 heteroatoms. The van der Waals surface area contributed by atoms with Gasteiger partial charge in [0, 0.05) is 24.8 Å². The van der Waals surface area contributed by atoms with Gasteiger partial charge >= 0.3 is 12.4 Å². The average Bonchev–Trinajstić information content (AvgIpc) is 2.35. The van der Waals surface area contributed by atoms with Crippen LogP contribution >= 0.6 is 0 Å². The van der Waals surface area contributed by atoms with Gasteiger partial charge in [0.1, 0.15) is 0 Å². The van der Waals surface area contributed by atoms with Gasteiger partial charge in [0.2, 0.25) is 0 Å². The molecule has 21 heavy (non-hydrogen) atoms. The van der Waals surface area contributed by atoms with Crippen LogP contribution in [0.25, 0.3) is 0 Å². The SMILES string of the molecule is CNc1ccc(C(=O)NCCC(F)(F)F)cc1C(F)(F)F. The van der Waals surface area contributed by atoms with Gasteiger partial charge in [0.05, 0.1) is 12.0 Å².